The third-order valence-corrected chi connectivity index (χ3v) is 7.86. The van der Waals surface area contributed by atoms with Crippen molar-refractivity contribution in [3.05, 3.63) is 125 Å². The van der Waals surface area contributed by atoms with E-state index in [0.29, 0.717) is 48.1 Å². The number of benzene rings is 4. The van der Waals surface area contributed by atoms with Crippen molar-refractivity contribution in [2.45, 2.75) is 6.61 Å². The number of ether oxygens (including phenoxy) is 1. The number of fused-ring (bicyclic) bond motifs is 2. The highest BCUT2D eigenvalue weighted by Gasteiger charge is 2.17. The second kappa shape index (κ2) is 11.2. The van der Waals surface area contributed by atoms with E-state index in [2.05, 4.69) is 37.0 Å². The fourth-order valence-corrected chi connectivity index (χ4v) is 5.75. The Morgan fingerprint density at radius 3 is 2.58 bits per heavy atom. The molecule has 4 aromatic carbocycles. The van der Waals surface area contributed by atoms with Crippen LogP contribution in [0.3, 0.4) is 0 Å². The summed E-state index contributed by atoms with van der Waals surface area (Å²) in [5.74, 6) is 1.16. The van der Waals surface area contributed by atoms with E-state index in [9.17, 15) is 4.79 Å². The number of furan rings is 1. The summed E-state index contributed by atoms with van der Waals surface area (Å²) < 4.78 is 14.8. The van der Waals surface area contributed by atoms with Gasteiger partial charge in [-0.1, -0.05) is 69.5 Å². The summed E-state index contributed by atoms with van der Waals surface area (Å²) >= 11 is 19.8. The van der Waals surface area contributed by atoms with E-state index in [4.69, 9.17) is 37.3 Å². The van der Waals surface area contributed by atoms with Crippen molar-refractivity contribution in [2.24, 2.45) is 5.10 Å². The lowest BCUT2D eigenvalue weighted by Gasteiger charge is -2.12. The lowest BCUT2D eigenvalue weighted by Crippen LogP contribution is -2.20. The Morgan fingerprint density at radius 2 is 1.75 bits per heavy atom. The van der Waals surface area contributed by atoms with Crippen molar-refractivity contribution < 1.29 is 9.15 Å². The minimum Gasteiger partial charge on any atom is -0.486 e. The molecular weight excluding hydrogens is 681 g/mol. The van der Waals surface area contributed by atoms with E-state index < -0.39 is 0 Å². The highest BCUT2D eigenvalue weighted by molar-refractivity contribution is 9.10. The second-order valence-corrected chi connectivity index (χ2v) is 11.4. The Bertz CT molecular complexity index is 1980. The SMILES string of the molecule is O=c1c2ccccc2nc(-c2cc3cc(Br)ccc3o2)n1N=Cc1cc(Cl)c(OCc2ccccc2Cl)c(Br)c1. The van der Waals surface area contributed by atoms with Crippen LogP contribution in [0.1, 0.15) is 11.1 Å². The van der Waals surface area contributed by atoms with Gasteiger partial charge in [-0.05, 0) is 76.1 Å². The Labute approximate surface area is 255 Å². The molecule has 6 aromatic rings. The molecule has 0 bridgehead atoms. The Morgan fingerprint density at radius 1 is 0.950 bits per heavy atom. The summed E-state index contributed by atoms with van der Waals surface area (Å²) in [5, 5.41) is 6.80. The molecule has 40 heavy (non-hydrogen) atoms. The number of aromatic nitrogens is 2. The van der Waals surface area contributed by atoms with Gasteiger partial charge in [0.15, 0.2) is 11.5 Å². The molecule has 0 saturated heterocycles. The molecule has 0 amide bonds. The van der Waals surface area contributed by atoms with Crippen LogP contribution in [0.15, 0.2) is 108 Å². The third kappa shape index (κ3) is 5.32. The molecule has 0 saturated carbocycles. The van der Waals surface area contributed by atoms with E-state index in [1.165, 1.54) is 10.9 Å². The van der Waals surface area contributed by atoms with Crippen LogP contribution in [0.5, 0.6) is 5.75 Å². The van der Waals surface area contributed by atoms with Crippen LogP contribution >= 0.6 is 55.1 Å². The number of rotatable bonds is 6. The molecule has 0 aliphatic heterocycles. The maximum atomic E-state index is 13.5. The molecule has 2 aromatic heterocycles. The summed E-state index contributed by atoms with van der Waals surface area (Å²) in [6.07, 6.45) is 1.54. The zero-order chi connectivity index (χ0) is 27.8. The number of nitrogens with zero attached hydrogens (tertiary/aromatic N) is 3. The maximum absolute atomic E-state index is 13.5. The van der Waals surface area contributed by atoms with Crippen molar-refractivity contribution >= 4 is 83.1 Å². The zero-order valence-electron chi connectivity index (χ0n) is 20.4. The predicted octanol–water partition coefficient (Wildman–Crippen LogP) is 9.10. The van der Waals surface area contributed by atoms with Crippen molar-refractivity contribution in [1.29, 1.82) is 0 Å². The van der Waals surface area contributed by atoms with Crippen LogP contribution in [-0.4, -0.2) is 15.9 Å². The van der Waals surface area contributed by atoms with Gasteiger partial charge in [-0.3, -0.25) is 4.79 Å². The first-order chi connectivity index (χ1) is 19.4. The Kier molecular flexibility index (Phi) is 7.51. The first-order valence-corrected chi connectivity index (χ1v) is 14.3. The van der Waals surface area contributed by atoms with E-state index in [-0.39, 0.29) is 18.0 Å². The zero-order valence-corrected chi connectivity index (χ0v) is 25.1. The molecule has 2 heterocycles. The molecular formula is C30H17Br2Cl2N3O3. The molecule has 0 atom stereocenters. The summed E-state index contributed by atoms with van der Waals surface area (Å²) in [6, 6.07) is 25.6. The summed E-state index contributed by atoms with van der Waals surface area (Å²) in [5.41, 5.74) is 2.36. The number of hydrogen-bond donors (Lipinski definition) is 0. The van der Waals surface area contributed by atoms with Gasteiger partial charge in [-0.15, -0.1) is 0 Å². The van der Waals surface area contributed by atoms with Gasteiger partial charge in [0.05, 0.1) is 26.6 Å². The topological polar surface area (TPSA) is 69.6 Å². The molecule has 10 heteroatoms. The molecule has 0 unspecified atom stereocenters. The van der Waals surface area contributed by atoms with Crippen LogP contribution in [-0.2, 0) is 6.61 Å². The van der Waals surface area contributed by atoms with Crippen LogP contribution in [0.2, 0.25) is 10.0 Å². The van der Waals surface area contributed by atoms with Crippen LogP contribution < -0.4 is 10.3 Å². The van der Waals surface area contributed by atoms with Crippen LogP contribution in [0, 0.1) is 0 Å². The molecule has 0 radical (unpaired) electrons. The van der Waals surface area contributed by atoms with Gasteiger partial charge in [0.2, 0.25) is 5.82 Å². The summed E-state index contributed by atoms with van der Waals surface area (Å²) in [7, 11) is 0. The fraction of sp³-hybridized carbons (Fsp3) is 0.0333. The number of hydrogen-bond acceptors (Lipinski definition) is 5. The number of para-hydroxylation sites is 1. The van der Waals surface area contributed by atoms with Gasteiger partial charge in [0.25, 0.3) is 5.56 Å². The van der Waals surface area contributed by atoms with Gasteiger partial charge in [-0.2, -0.15) is 9.78 Å². The summed E-state index contributed by atoms with van der Waals surface area (Å²) in [6.45, 7) is 0.251. The van der Waals surface area contributed by atoms with Crippen molar-refractivity contribution in [1.82, 2.24) is 9.66 Å². The lowest BCUT2D eigenvalue weighted by atomic mass is 10.2. The average molecular weight is 698 g/mol. The largest absolute Gasteiger partial charge is 0.486 e. The van der Waals surface area contributed by atoms with Gasteiger partial charge in [0.1, 0.15) is 12.2 Å². The van der Waals surface area contributed by atoms with Gasteiger partial charge >= 0.3 is 0 Å². The van der Waals surface area contributed by atoms with Crippen LogP contribution in [0.4, 0.5) is 0 Å². The van der Waals surface area contributed by atoms with E-state index >= 15 is 0 Å². The Balaban J connectivity index is 1.39. The smallest absolute Gasteiger partial charge is 0.282 e. The van der Waals surface area contributed by atoms with Crippen molar-refractivity contribution in [3.63, 3.8) is 0 Å². The van der Waals surface area contributed by atoms with Crippen molar-refractivity contribution in [3.8, 4) is 17.3 Å². The van der Waals surface area contributed by atoms with Gasteiger partial charge in [-0.25, -0.2) is 4.98 Å². The molecule has 0 spiro atoms. The lowest BCUT2D eigenvalue weighted by molar-refractivity contribution is 0.304. The summed E-state index contributed by atoms with van der Waals surface area (Å²) in [4.78, 5) is 18.3. The minimum atomic E-state index is -0.330. The quantitative estimate of drug-likeness (QED) is 0.163. The first kappa shape index (κ1) is 26.8. The molecule has 6 rings (SSSR count). The molecule has 198 valence electrons. The van der Waals surface area contributed by atoms with E-state index in [1.807, 2.05) is 48.5 Å². The van der Waals surface area contributed by atoms with Gasteiger partial charge in [0, 0.05) is 20.4 Å². The van der Waals surface area contributed by atoms with Crippen LogP contribution in [0.25, 0.3) is 33.5 Å². The molecule has 0 aliphatic rings. The maximum Gasteiger partial charge on any atom is 0.282 e. The molecule has 0 aliphatic carbocycles. The standard InChI is InChI=1S/C30H17Br2Cl2N3O3/c31-20-9-10-26-19(13-20)14-27(40-26)29-36-25-8-4-2-6-21(25)30(38)37(29)35-15-17-11-22(32)28(24(34)12-17)39-16-18-5-1-3-7-23(18)33/h1-15H,16H2. The van der Waals surface area contributed by atoms with E-state index in [0.717, 1.165) is 15.4 Å². The molecule has 0 N–H and O–H groups in total. The van der Waals surface area contributed by atoms with Gasteiger partial charge < -0.3 is 9.15 Å². The molecule has 0 fully saturated rings. The fourth-order valence-electron chi connectivity index (χ4n) is 4.20. The predicted molar refractivity (Wildman–Crippen MR) is 167 cm³/mol. The Hall–Kier alpha value is -3.43. The highest BCUT2D eigenvalue weighted by atomic mass is 79.9. The van der Waals surface area contributed by atoms with E-state index in [1.54, 1.807) is 36.4 Å². The van der Waals surface area contributed by atoms with Crippen molar-refractivity contribution in [2.75, 3.05) is 0 Å². The average Bonchev–Trinajstić information content (AvgIpc) is 3.36. The normalized spacial score (nSPS) is 11.6. The third-order valence-electron chi connectivity index (χ3n) is 6.13. The minimum absolute atomic E-state index is 0.251. The molecule has 6 nitrogen and oxygen atoms in total. The second-order valence-electron chi connectivity index (χ2n) is 8.80. The monoisotopic (exact) mass is 695 g/mol. The highest BCUT2D eigenvalue weighted by Crippen LogP contribution is 2.35. The first-order valence-electron chi connectivity index (χ1n) is 12.0. The number of halogens is 4.